The first-order valence-electron chi connectivity index (χ1n) is 25.2. The minimum Gasteiger partial charge on any atom is -0.361 e. The van der Waals surface area contributed by atoms with E-state index in [1.807, 2.05) is 8.93 Å². The van der Waals surface area contributed by atoms with E-state index < -0.39 is 0 Å². The van der Waals surface area contributed by atoms with E-state index in [4.69, 9.17) is 0 Å². The summed E-state index contributed by atoms with van der Waals surface area (Å²) in [5, 5.41) is 8.12. The molecule has 0 amide bonds. The maximum atomic E-state index is 3.62. The normalized spacial score (nSPS) is 22.4. The number of para-hydroxylation sites is 3. The number of benzene rings is 6. The molecule has 2 aliphatic heterocycles. The Labute approximate surface area is 427 Å². The first kappa shape index (κ1) is 46.1. The van der Waals surface area contributed by atoms with Crippen LogP contribution in [-0.4, -0.2) is 30.7 Å². The predicted octanol–water partition coefficient (Wildman–Crippen LogP) is 18.5. The standard InChI is InChI=1S/C33H31NS.C14H16INS.C14H15NS/c1-4-12-26(13-5-1)33(27-14-6-2-7-15-27,28-16-8-3-9-17-28)35-29-22-20-25(21-23-29)31-24-34-32-19-11-10-18-30(31)32;15-17-11-7-5-10(6-8-11)13-9-16-14-4-2-1-3-12(13)14;1-2-4-12-11(3-1)13-9-5-7-10(8-6-9)16-14(13)15-12/h1-19,24-25,29,34H,20-23H2;1-4,9-11,16H,5-8H2;1-4,9-10,15H,5-8H2. The van der Waals surface area contributed by atoms with E-state index in [0.717, 1.165) is 22.3 Å². The van der Waals surface area contributed by atoms with Gasteiger partial charge in [0.2, 0.25) is 0 Å². The van der Waals surface area contributed by atoms with Crippen LogP contribution in [0.3, 0.4) is 0 Å². The zero-order chi connectivity index (χ0) is 45.7. The molecule has 0 spiro atoms. The van der Waals surface area contributed by atoms with Crippen molar-refractivity contribution in [3.05, 3.63) is 210 Å². The van der Waals surface area contributed by atoms with Crippen LogP contribution in [0.4, 0.5) is 0 Å². The van der Waals surface area contributed by atoms with E-state index in [1.54, 1.807) is 5.56 Å². The fraction of sp³-hybridized carbons (Fsp3) is 0.311. The topological polar surface area (TPSA) is 47.4 Å². The highest BCUT2D eigenvalue weighted by molar-refractivity contribution is 14.2. The lowest BCUT2D eigenvalue weighted by atomic mass is 9.83. The molecular weight excluding hydrogens is 998 g/mol. The Morgan fingerprint density at radius 2 is 0.838 bits per heavy atom. The van der Waals surface area contributed by atoms with Crippen molar-refractivity contribution < 1.29 is 0 Å². The highest BCUT2D eigenvalue weighted by Crippen LogP contribution is 2.54. The second-order valence-corrected chi connectivity index (χ2v) is 24.7. The van der Waals surface area contributed by atoms with Gasteiger partial charge in [0.05, 0.1) is 9.77 Å². The summed E-state index contributed by atoms with van der Waals surface area (Å²) >= 11 is 6.71. The van der Waals surface area contributed by atoms with E-state index in [-0.39, 0.29) is 4.75 Å². The summed E-state index contributed by atoms with van der Waals surface area (Å²) in [6, 6.07) is 59.5. The molecule has 3 fully saturated rings. The molecule has 68 heavy (non-hydrogen) atoms. The Bertz CT molecular complexity index is 2910. The molecule has 0 saturated heterocycles. The number of halogens is 1. The van der Waals surface area contributed by atoms with Crippen molar-refractivity contribution in [2.45, 2.75) is 120 Å². The number of aromatic nitrogens is 3. The largest absolute Gasteiger partial charge is 0.361 e. The van der Waals surface area contributed by atoms with Gasteiger partial charge in [0, 0.05) is 60.9 Å². The van der Waals surface area contributed by atoms with Crippen molar-refractivity contribution in [1.29, 1.82) is 0 Å². The van der Waals surface area contributed by atoms with Crippen molar-refractivity contribution in [3.63, 3.8) is 0 Å². The Morgan fingerprint density at radius 3 is 1.32 bits per heavy atom. The first-order chi connectivity index (χ1) is 33.6. The summed E-state index contributed by atoms with van der Waals surface area (Å²) in [5.74, 6) is 2.23. The quantitative estimate of drug-likeness (QED) is 0.105. The molecule has 3 aliphatic carbocycles. The molecule has 346 valence electrons. The second kappa shape index (κ2) is 21.4. The van der Waals surface area contributed by atoms with Gasteiger partial charge in [-0.25, -0.2) is 0 Å². The van der Waals surface area contributed by atoms with Gasteiger partial charge < -0.3 is 15.0 Å². The third-order valence-corrected chi connectivity index (χ3v) is 21.7. The van der Waals surface area contributed by atoms with Crippen molar-refractivity contribution >= 4 is 86.4 Å². The number of hydrogen-bond donors (Lipinski definition) is 3. The van der Waals surface area contributed by atoms with Crippen molar-refractivity contribution in [2.75, 3.05) is 0 Å². The lowest BCUT2D eigenvalue weighted by molar-refractivity contribution is 0.454. The van der Waals surface area contributed by atoms with Crippen LogP contribution in [0.2, 0.25) is 0 Å². The molecular formula is C61H62IN3S3. The predicted molar refractivity (Wildman–Crippen MR) is 304 cm³/mol. The van der Waals surface area contributed by atoms with E-state index in [1.165, 1.54) is 143 Å². The molecule has 3 nitrogen and oxygen atoms in total. The minimum absolute atomic E-state index is 0.220. The number of thioether (sulfide) groups is 2. The van der Waals surface area contributed by atoms with E-state index >= 15 is 0 Å². The maximum Gasteiger partial charge on any atom is 0.0909 e. The number of fused-ring (bicyclic) bond motifs is 5. The molecule has 3 N–H and O–H groups in total. The molecule has 5 heterocycles. The van der Waals surface area contributed by atoms with Crippen molar-refractivity contribution in [3.8, 4) is 0 Å². The average molecular weight is 1060 g/mol. The molecule has 3 aromatic heterocycles. The van der Waals surface area contributed by atoms with Crippen molar-refractivity contribution in [2.24, 2.45) is 0 Å². The molecule has 14 rings (SSSR count). The molecule has 7 heteroatoms. The van der Waals surface area contributed by atoms with Crippen LogP contribution in [0, 0.1) is 0 Å². The molecule has 9 aromatic rings. The third-order valence-electron chi connectivity index (χ3n) is 15.6. The summed E-state index contributed by atoms with van der Waals surface area (Å²) in [4.78, 5) is 10.5. The monoisotopic (exact) mass is 1060 g/mol. The smallest absolute Gasteiger partial charge is 0.0909 e. The average Bonchev–Trinajstić information content (AvgIpc) is 4.09. The zero-order valence-corrected chi connectivity index (χ0v) is 43.4. The van der Waals surface area contributed by atoms with Crippen LogP contribution < -0.4 is 0 Å². The van der Waals surface area contributed by atoms with E-state index in [2.05, 4.69) is 236 Å². The molecule has 5 aliphatic rings. The van der Waals surface area contributed by atoms with Gasteiger partial charge in [-0.15, -0.1) is 23.5 Å². The first-order valence-corrected chi connectivity index (χ1v) is 30.3. The van der Waals surface area contributed by atoms with E-state index in [0.29, 0.717) is 11.2 Å². The van der Waals surface area contributed by atoms with Crippen LogP contribution in [-0.2, 0) is 4.75 Å². The number of rotatable bonds is 8. The summed E-state index contributed by atoms with van der Waals surface area (Å²) in [6.45, 7) is 0. The fourth-order valence-corrected chi connectivity index (χ4v) is 17.3. The van der Waals surface area contributed by atoms with Gasteiger partial charge in [-0.05, 0) is 168 Å². The minimum atomic E-state index is -0.220. The number of hydrogen-bond acceptors (Lipinski definition) is 3. The van der Waals surface area contributed by atoms with Crippen LogP contribution in [0.5, 0.6) is 0 Å². The Morgan fingerprint density at radius 1 is 0.426 bits per heavy atom. The van der Waals surface area contributed by atoms with Gasteiger partial charge >= 0.3 is 0 Å². The van der Waals surface area contributed by atoms with Gasteiger partial charge in [-0.1, -0.05) is 155 Å². The Balaban J connectivity index is 0.000000127. The van der Waals surface area contributed by atoms with Gasteiger partial charge in [-0.3, -0.25) is 0 Å². The lowest BCUT2D eigenvalue weighted by Gasteiger charge is -2.40. The number of aromatic amines is 3. The number of nitrogens with one attached hydrogen (secondary N) is 3. The molecule has 6 aromatic carbocycles. The summed E-state index contributed by atoms with van der Waals surface area (Å²) in [7, 11) is 2.01. The van der Waals surface area contributed by atoms with Gasteiger partial charge in [0.15, 0.2) is 0 Å². The molecule has 0 radical (unpaired) electrons. The lowest BCUT2D eigenvalue weighted by Crippen LogP contribution is -2.30. The summed E-state index contributed by atoms with van der Waals surface area (Å²) in [6.07, 6.45) is 20.5. The van der Waals surface area contributed by atoms with Crippen molar-refractivity contribution in [1.82, 2.24) is 15.0 Å². The zero-order valence-electron chi connectivity index (χ0n) is 38.8. The fourth-order valence-electron chi connectivity index (χ4n) is 12.1. The number of H-pyrrole nitrogens is 3. The molecule has 3 saturated carbocycles. The van der Waals surface area contributed by atoms with Crippen LogP contribution in [0.25, 0.3) is 32.7 Å². The molecule has 0 atom stereocenters. The summed E-state index contributed by atoms with van der Waals surface area (Å²) in [5.41, 5.74) is 12.6. The third kappa shape index (κ3) is 9.63. The van der Waals surface area contributed by atoms with Gasteiger partial charge in [-0.2, -0.15) is 0 Å². The second-order valence-electron chi connectivity index (χ2n) is 19.5. The Kier molecular flexibility index (Phi) is 14.5. The van der Waals surface area contributed by atoms with Crippen LogP contribution >= 0.6 is 53.7 Å². The van der Waals surface area contributed by atoms with Gasteiger partial charge in [0.25, 0.3) is 0 Å². The maximum absolute atomic E-state index is 3.62. The Hall–Kier alpha value is -4.28. The van der Waals surface area contributed by atoms with Crippen LogP contribution in [0.1, 0.15) is 128 Å². The SMILES string of the molecule is ISC1CCC(c2c[nH]c3ccccc23)CC1.c1ccc(C(SC2CCC(c3c[nH]c4ccccc34)CC2)(c2ccccc2)c2ccccc2)cc1.c1ccc2c3c([nH]c2c1)SC1CCC3CC1. The van der Waals surface area contributed by atoms with Gasteiger partial charge in [0.1, 0.15) is 0 Å². The van der Waals surface area contributed by atoms with Crippen LogP contribution in [0.15, 0.2) is 181 Å². The summed E-state index contributed by atoms with van der Waals surface area (Å²) < 4.78 is -0.220. The highest BCUT2D eigenvalue weighted by Gasteiger charge is 2.40. The van der Waals surface area contributed by atoms with E-state index in [9.17, 15) is 0 Å². The molecule has 0 unspecified atom stereocenters. The highest BCUT2D eigenvalue weighted by atomic mass is 127. The molecule has 2 bridgehead atoms.